The fourth-order valence-electron chi connectivity index (χ4n) is 4.17. The topological polar surface area (TPSA) is 126 Å². The van der Waals surface area contributed by atoms with Crippen LogP contribution in [-0.2, 0) is 27.6 Å². The van der Waals surface area contributed by atoms with Crippen LogP contribution in [0.25, 0.3) is 5.70 Å². The number of hydrogen-bond donors (Lipinski definition) is 4. The zero-order valence-electron chi connectivity index (χ0n) is 23.9. The number of nitrogens with one attached hydrogen (secondary N) is 3. The van der Waals surface area contributed by atoms with Crippen LogP contribution < -0.4 is 20.9 Å². The average molecular weight is 616 g/mol. The molecule has 1 amide bonds. The lowest BCUT2D eigenvalue weighted by molar-refractivity contribution is 0.0829. The van der Waals surface area contributed by atoms with E-state index in [4.69, 9.17) is 9.57 Å². The average Bonchev–Trinajstić information content (AvgIpc) is 2.95. The lowest BCUT2D eigenvalue weighted by atomic mass is 9.99. The molecule has 0 aliphatic carbocycles. The Balaban J connectivity index is 1.86. The molecule has 2 atom stereocenters. The van der Waals surface area contributed by atoms with E-state index in [1.54, 1.807) is 13.2 Å². The van der Waals surface area contributed by atoms with E-state index >= 15 is 0 Å². The molecule has 0 radical (unpaired) electrons. The number of aliphatic hydroxyl groups is 1. The third-order valence-electron chi connectivity index (χ3n) is 6.32. The second-order valence-electron chi connectivity index (χ2n) is 9.81. The van der Waals surface area contributed by atoms with Crippen molar-refractivity contribution in [2.75, 3.05) is 26.5 Å². The van der Waals surface area contributed by atoms with Crippen LogP contribution in [0.2, 0.25) is 0 Å². The number of sulfone groups is 1. The number of halogens is 2. The molecule has 0 bridgehead atoms. The SMILES string of the molecule is C=CCONC(=C)c1cc(C(=O)N[C@@H](Cc2cc(F)cc(F)c2)[C@H](O)CNCc2cccc(OC)c2)cc(S(C)(=O)=O)c1. The lowest BCUT2D eigenvalue weighted by Crippen LogP contribution is -2.48. The third-order valence-corrected chi connectivity index (χ3v) is 7.41. The Hall–Kier alpha value is -4.10. The van der Waals surface area contributed by atoms with Crippen LogP contribution >= 0.6 is 0 Å². The molecule has 0 fully saturated rings. The summed E-state index contributed by atoms with van der Waals surface area (Å²) >= 11 is 0. The highest BCUT2D eigenvalue weighted by Crippen LogP contribution is 2.21. The molecule has 0 unspecified atom stereocenters. The minimum Gasteiger partial charge on any atom is -0.497 e. The predicted molar refractivity (Wildman–Crippen MR) is 160 cm³/mol. The number of hydroxylamine groups is 1. The van der Waals surface area contributed by atoms with Crippen LogP contribution in [0, 0.1) is 11.6 Å². The van der Waals surface area contributed by atoms with Gasteiger partial charge in [0.15, 0.2) is 9.84 Å². The molecule has 12 heteroatoms. The zero-order valence-corrected chi connectivity index (χ0v) is 24.7. The van der Waals surface area contributed by atoms with Crippen molar-refractivity contribution in [1.29, 1.82) is 0 Å². The summed E-state index contributed by atoms with van der Waals surface area (Å²) in [7, 11) is -2.19. The monoisotopic (exact) mass is 615 g/mol. The summed E-state index contributed by atoms with van der Waals surface area (Å²) in [6.07, 6.45) is 1.16. The molecule has 9 nitrogen and oxygen atoms in total. The largest absolute Gasteiger partial charge is 0.497 e. The van der Waals surface area contributed by atoms with Gasteiger partial charge in [-0.1, -0.05) is 24.8 Å². The van der Waals surface area contributed by atoms with Gasteiger partial charge in [-0.2, -0.15) is 0 Å². The minimum atomic E-state index is -3.74. The van der Waals surface area contributed by atoms with Crippen molar-refractivity contribution in [3.8, 4) is 5.75 Å². The van der Waals surface area contributed by atoms with E-state index in [1.165, 1.54) is 24.3 Å². The quantitative estimate of drug-likeness (QED) is 0.110. The van der Waals surface area contributed by atoms with Crippen LogP contribution in [0.4, 0.5) is 8.78 Å². The summed E-state index contributed by atoms with van der Waals surface area (Å²) in [4.78, 5) is 18.5. The van der Waals surface area contributed by atoms with Gasteiger partial charge in [0.1, 0.15) is 17.4 Å². The number of hydrogen-bond acceptors (Lipinski definition) is 8. The number of ether oxygens (including phenoxy) is 1. The van der Waals surface area contributed by atoms with Crippen molar-refractivity contribution in [3.05, 3.63) is 114 Å². The first-order valence-electron chi connectivity index (χ1n) is 13.2. The predicted octanol–water partition coefficient (Wildman–Crippen LogP) is 3.55. The van der Waals surface area contributed by atoms with Gasteiger partial charge in [-0.25, -0.2) is 17.2 Å². The Morgan fingerprint density at radius 1 is 1.05 bits per heavy atom. The van der Waals surface area contributed by atoms with Gasteiger partial charge < -0.3 is 20.5 Å². The molecular formula is C31H35F2N3O6S. The van der Waals surface area contributed by atoms with Crippen molar-refractivity contribution < 1.29 is 36.7 Å². The van der Waals surface area contributed by atoms with Gasteiger partial charge >= 0.3 is 0 Å². The van der Waals surface area contributed by atoms with Gasteiger partial charge in [0.2, 0.25) is 0 Å². The summed E-state index contributed by atoms with van der Waals surface area (Å²) in [5, 5.41) is 16.9. The maximum Gasteiger partial charge on any atom is 0.251 e. The molecule has 230 valence electrons. The summed E-state index contributed by atoms with van der Waals surface area (Å²) in [5.74, 6) is -1.67. The van der Waals surface area contributed by atoms with Crippen LogP contribution in [0.5, 0.6) is 5.75 Å². The Kier molecular flexibility index (Phi) is 12.0. The lowest BCUT2D eigenvalue weighted by Gasteiger charge is -2.25. The minimum absolute atomic E-state index is 0.00987. The van der Waals surface area contributed by atoms with Crippen molar-refractivity contribution in [3.63, 3.8) is 0 Å². The highest BCUT2D eigenvalue weighted by molar-refractivity contribution is 7.90. The van der Waals surface area contributed by atoms with Gasteiger partial charge in [0, 0.05) is 36.5 Å². The van der Waals surface area contributed by atoms with Gasteiger partial charge in [0.05, 0.1) is 36.5 Å². The normalized spacial score (nSPS) is 12.7. The Morgan fingerprint density at radius 2 is 1.74 bits per heavy atom. The molecule has 0 saturated heterocycles. The molecule has 4 N–H and O–H groups in total. The zero-order chi connectivity index (χ0) is 31.6. The van der Waals surface area contributed by atoms with Crippen LogP contribution in [0.3, 0.4) is 0 Å². The van der Waals surface area contributed by atoms with Crippen molar-refractivity contribution >= 4 is 21.4 Å². The Labute approximate surface area is 250 Å². The smallest absolute Gasteiger partial charge is 0.251 e. The number of carbonyl (C=O) groups excluding carboxylic acids is 1. The highest BCUT2D eigenvalue weighted by Gasteiger charge is 2.24. The van der Waals surface area contributed by atoms with Crippen LogP contribution in [-0.4, -0.2) is 58.1 Å². The molecule has 3 aromatic rings. The molecule has 43 heavy (non-hydrogen) atoms. The van der Waals surface area contributed by atoms with E-state index in [0.717, 1.165) is 30.0 Å². The summed E-state index contributed by atoms with van der Waals surface area (Å²) in [5.41, 5.74) is 4.07. The molecule has 0 spiro atoms. The number of aliphatic hydroxyl groups excluding tert-OH is 1. The number of benzene rings is 3. The fourth-order valence-corrected chi connectivity index (χ4v) is 4.85. The van der Waals surface area contributed by atoms with Gasteiger partial charge in [0.25, 0.3) is 5.91 Å². The fraction of sp³-hybridized carbons (Fsp3) is 0.258. The van der Waals surface area contributed by atoms with E-state index in [-0.39, 0.29) is 46.9 Å². The van der Waals surface area contributed by atoms with E-state index < -0.39 is 39.5 Å². The third kappa shape index (κ3) is 10.3. The second kappa shape index (κ2) is 15.4. The molecule has 0 aliphatic rings. The molecule has 0 heterocycles. The number of rotatable bonds is 16. The Morgan fingerprint density at radius 3 is 2.40 bits per heavy atom. The first-order valence-corrected chi connectivity index (χ1v) is 15.1. The highest BCUT2D eigenvalue weighted by atomic mass is 32.2. The number of carbonyl (C=O) groups is 1. The summed E-state index contributed by atoms with van der Waals surface area (Å²) in [6.45, 7) is 7.89. The van der Waals surface area contributed by atoms with Crippen LogP contribution in [0.15, 0.2) is 84.8 Å². The van der Waals surface area contributed by atoms with Crippen LogP contribution in [0.1, 0.15) is 27.0 Å². The summed E-state index contributed by atoms with van der Waals surface area (Å²) < 4.78 is 57.9. The standard InChI is InChI=1S/C31H35F2N3O6S/c1-5-9-42-36-20(2)23-14-24(16-28(15-23)43(4,39)40)31(38)35-29(13-22-10-25(32)17-26(33)11-22)30(37)19-34-18-21-7-6-8-27(12-21)41-3/h5-8,10-12,14-17,29-30,34,36-37H,1-2,9,13,18-19H2,3-4H3,(H,35,38)/t29-,30+/m0/s1. The van der Waals surface area contributed by atoms with Gasteiger partial charge in [-0.3, -0.25) is 15.1 Å². The maximum absolute atomic E-state index is 13.9. The summed E-state index contributed by atoms with van der Waals surface area (Å²) in [6, 6.07) is 13.2. The number of amides is 1. The molecule has 3 rings (SSSR count). The number of methoxy groups -OCH3 is 1. The second-order valence-corrected chi connectivity index (χ2v) is 11.8. The Bertz CT molecular complexity index is 1540. The van der Waals surface area contributed by atoms with E-state index in [9.17, 15) is 27.1 Å². The van der Waals surface area contributed by atoms with E-state index in [0.29, 0.717) is 12.3 Å². The van der Waals surface area contributed by atoms with Gasteiger partial charge in [-0.05, 0) is 60.0 Å². The molecule has 0 aromatic heterocycles. The van der Waals surface area contributed by atoms with Gasteiger partial charge in [-0.15, -0.1) is 6.58 Å². The van der Waals surface area contributed by atoms with Crippen molar-refractivity contribution in [2.24, 2.45) is 0 Å². The molecule has 0 saturated carbocycles. The molecule has 0 aliphatic heterocycles. The van der Waals surface area contributed by atoms with Crippen molar-refractivity contribution in [2.45, 2.75) is 30.0 Å². The molecular weight excluding hydrogens is 580 g/mol. The first kappa shape index (κ1) is 33.4. The van der Waals surface area contributed by atoms with Crippen molar-refractivity contribution in [1.82, 2.24) is 16.1 Å². The molecule has 3 aromatic carbocycles. The first-order chi connectivity index (χ1) is 20.4. The van der Waals surface area contributed by atoms with E-state index in [2.05, 4.69) is 29.3 Å². The van der Waals surface area contributed by atoms with E-state index in [1.807, 2.05) is 18.2 Å². The maximum atomic E-state index is 13.9.